The van der Waals surface area contributed by atoms with Crippen molar-refractivity contribution in [1.29, 1.82) is 0 Å². The molecule has 2 atom stereocenters. The van der Waals surface area contributed by atoms with Gasteiger partial charge in [0, 0.05) is 6.54 Å². The molecule has 0 bridgehead atoms. The number of likely N-dealkylation sites (tertiary alicyclic amines) is 1. The van der Waals surface area contributed by atoms with E-state index in [4.69, 9.17) is 10.5 Å². The first-order valence-electron chi connectivity index (χ1n) is 8.21. The van der Waals surface area contributed by atoms with Gasteiger partial charge in [-0.25, -0.2) is 4.79 Å². The Morgan fingerprint density at radius 2 is 1.86 bits per heavy atom. The van der Waals surface area contributed by atoms with Crippen LogP contribution in [0.1, 0.15) is 52.4 Å². The van der Waals surface area contributed by atoms with Gasteiger partial charge in [-0.15, -0.1) is 0 Å². The molecule has 1 aliphatic heterocycles. The van der Waals surface area contributed by atoms with Gasteiger partial charge < -0.3 is 15.4 Å². The zero-order chi connectivity index (χ0) is 16.3. The molecule has 0 aromatic carbocycles. The lowest BCUT2D eigenvalue weighted by atomic mass is 9.81. The molecule has 2 N–H and O–H groups in total. The molecule has 0 unspecified atom stereocenters. The molecule has 1 saturated heterocycles. The summed E-state index contributed by atoms with van der Waals surface area (Å²) in [6, 6.07) is -1.27. The van der Waals surface area contributed by atoms with Gasteiger partial charge >= 0.3 is 5.97 Å². The van der Waals surface area contributed by atoms with Crippen LogP contribution in [-0.4, -0.2) is 47.3 Å². The summed E-state index contributed by atoms with van der Waals surface area (Å²) in [4.78, 5) is 37.9. The number of nitrogens with two attached hydrogens (primary N) is 1. The number of carbonyl (C=O) groups is 3. The van der Waals surface area contributed by atoms with Crippen LogP contribution in [0.4, 0.5) is 0 Å². The van der Waals surface area contributed by atoms with Crippen molar-refractivity contribution >= 4 is 17.7 Å². The van der Waals surface area contributed by atoms with Crippen LogP contribution in [0, 0.1) is 5.92 Å². The van der Waals surface area contributed by atoms with Crippen LogP contribution in [0.15, 0.2) is 0 Å². The second-order valence-corrected chi connectivity index (χ2v) is 6.65. The number of nitrogens with zero attached hydrogens (tertiary/aromatic N) is 1. The van der Waals surface area contributed by atoms with Gasteiger partial charge in [0.1, 0.15) is 6.04 Å². The molecule has 0 aromatic rings. The smallest absolute Gasteiger partial charge is 0.377 e. The number of esters is 1. The molecule has 6 nitrogen and oxygen atoms in total. The Bertz CT molecular complexity index is 445. The summed E-state index contributed by atoms with van der Waals surface area (Å²) in [6.07, 6.45) is 5.02. The highest BCUT2D eigenvalue weighted by Crippen LogP contribution is 2.31. The van der Waals surface area contributed by atoms with E-state index in [1.54, 1.807) is 13.8 Å². The molecular formula is C16H26N2O4. The minimum absolute atomic E-state index is 0.208. The molecule has 22 heavy (non-hydrogen) atoms. The van der Waals surface area contributed by atoms with E-state index in [1.807, 2.05) is 0 Å². The SMILES string of the molecule is CC(C)OC(=O)C(=O)[C@@H]1CCCN1C(=O)[C@H](N)CC1CCC1. The summed E-state index contributed by atoms with van der Waals surface area (Å²) in [7, 11) is 0. The van der Waals surface area contributed by atoms with E-state index >= 15 is 0 Å². The first kappa shape index (κ1) is 16.9. The number of Topliss-reactive ketones (excluding diaryl/α,β-unsaturated/α-hetero) is 1. The highest BCUT2D eigenvalue weighted by molar-refractivity contribution is 6.36. The van der Waals surface area contributed by atoms with Crippen molar-refractivity contribution in [2.75, 3.05) is 6.54 Å². The molecule has 0 spiro atoms. The van der Waals surface area contributed by atoms with Crippen molar-refractivity contribution in [2.45, 2.75) is 70.6 Å². The monoisotopic (exact) mass is 310 g/mol. The summed E-state index contributed by atoms with van der Waals surface area (Å²) < 4.78 is 4.95. The molecule has 0 radical (unpaired) electrons. The van der Waals surface area contributed by atoms with E-state index < -0.39 is 23.8 Å². The average molecular weight is 310 g/mol. The Hall–Kier alpha value is -1.43. The standard InChI is InChI=1S/C16H26N2O4/c1-10(2)22-16(21)14(19)13-7-4-8-18(13)15(20)12(17)9-11-5-3-6-11/h10-13H,3-9,17H2,1-2H3/t12-,13+/m1/s1. The van der Waals surface area contributed by atoms with Gasteiger partial charge in [-0.2, -0.15) is 0 Å². The minimum Gasteiger partial charge on any atom is -0.457 e. The second-order valence-electron chi connectivity index (χ2n) is 6.65. The molecule has 1 heterocycles. The van der Waals surface area contributed by atoms with E-state index in [9.17, 15) is 14.4 Å². The van der Waals surface area contributed by atoms with Crippen molar-refractivity contribution in [3.8, 4) is 0 Å². The maximum absolute atomic E-state index is 12.5. The quantitative estimate of drug-likeness (QED) is 0.584. The molecule has 2 rings (SSSR count). The van der Waals surface area contributed by atoms with Crippen LogP contribution in [0.3, 0.4) is 0 Å². The zero-order valence-electron chi connectivity index (χ0n) is 13.4. The molecule has 2 fully saturated rings. The molecule has 0 aromatic heterocycles. The summed E-state index contributed by atoms with van der Waals surface area (Å²) in [6.45, 7) is 3.87. The Kier molecular flexibility index (Phi) is 5.56. The lowest BCUT2D eigenvalue weighted by Crippen LogP contribution is -2.50. The van der Waals surface area contributed by atoms with Crippen molar-refractivity contribution in [1.82, 2.24) is 4.90 Å². The Morgan fingerprint density at radius 3 is 2.41 bits per heavy atom. The number of hydrogen-bond donors (Lipinski definition) is 1. The van der Waals surface area contributed by atoms with E-state index in [0.717, 1.165) is 12.8 Å². The average Bonchev–Trinajstić information content (AvgIpc) is 2.89. The lowest BCUT2D eigenvalue weighted by molar-refractivity contribution is -0.159. The van der Waals surface area contributed by atoms with Crippen LogP contribution in [0.5, 0.6) is 0 Å². The van der Waals surface area contributed by atoms with Crippen molar-refractivity contribution in [3.05, 3.63) is 0 Å². The highest BCUT2D eigenvalue weighted by atomic mass is 16.5. The highest BCUT2D eigenvalue weighted by Gasteiger charge is 2.40. The molecular weight excluding hydrogens is 284 g/mol. The number of rotatable bonds is 6. The maximum Gasteiger partial charge on any atom is 0.377 e. The van der Waals surface area contributed by atoms with Gasteiger partial charge in [0.05, 0.1) is 12.1 Å². The topological polar surface area (TPSA) is 89.7 Å². The largest absolute Gasteiger partial charge is 0.457 e. The fourth-order valence-electron chi connectivity index (χ4n) is 3.11. The second kappa shape index (κ2) is 7.22. The first-order chi connectivity index (χ1) is 10.4. The predicted molar refractivity (Wildman–Crippen MR) is 80.9 cm³/mol. The van der Waals surface area contributed by atoms with Crippen LogP contribution < -0.4 is 5.73 Å². The number of amides is 1. The summed E-state index contributed by atoms with van der Waals surface area (Å²) in [5.74, 6) is -1.16. The number of hydrogen-bond acceptors (Lipinski definition) is 5. The Morgan fingerprint density at radius 1 is 1.18 bits per heavy atom. The molecule has 2 aliphatic rings. The lowest BCUT2D eigenvalue weighted by Gasteiger charge is -2.31. The molecule has 124 valence electrons. The third-order valence-electron chi connectivity index (χ3n) is 4.51. The summed E-state index contributed by atoms with van der Waals surface area (Å²) >= 11 is 0. The fourth-order valence-corrected chi connectivity index (χ4v) is 3.11. The number of ketones is 1. The van der Waals surface area contributed by atoms with Crippen molar-refractivity contribution in [3.63, 3.8) is 0 Å². The van der Waals surface area contributed by atoms with Crippen LogP contribution in [0.2, 0.25) is 0 Å². The Balaban J connectivity index is 1.95. The van der Waals surface area contributed by atoms with E-state index in [-0.39, 0.29) is 12.0 Å². The van der Waals surface area contributed by atoms with Gasteiger partial charge in [-0.3, -0.25) is 9.59 Å². The van der Waals surface area contributed by atoms with E-state index in [2.05, 4.69) is 0 Å². The fraction of sp³-hybridized carbons (Fsp3) is 0.812. The predicted octanol–water partition coefficient (Wildman–Crippen LogP) is 1.02. The van der Waals surface area contributed by atoms with E-state index in [0.29, 0.717) is 31.7 Å². The minimum atomic E-state index is -0.854. The van der Waals surface area contributed by atoms with E-state index in [1.165, 1.54) is 11.3 Å². The summed E-state index contributed by atoms with van der Waals surface area (Å²) in [5.41, 5.74) is 6.01. The van der Waals surface area contributed by atoms with Crippen LogP contribution >= 0.6 is 0 Å². The van der Waals surface area contributed by atoms with Gasteiger partial charge in [0.15, 0.2) is 0 Å². The third-order valence-corrected chi connectivity index (χ3v) is 4.51. The molecule has 6 heteroatoms. The van der Waals surface area contributed by atoms with Gasteiger partial charge in [0.2, 0.25) is 5.91 Å². The first-order valence-corrected chi connectivity index (χ1v) is 8.21. The third kappa shape index (κ3) is 3.85. The van der Waals surface area contributed by atoms with Gasteiger partial charge in [-0.05, 0) is 39.0 Å². The molecule has 1 amide bonds. The molecule has 1 saturated carbocycles. The molecule has 1 aliphatic carbocycles. The Labute approximate surface area is 131 Å². The summed E-state index contributed by atoms with van der Waals surface area (Å²) in [5, 5.41) is 0. The van der Waals surface area contributed by atoms with Gasteiger partial charge in [0.25, 0.3) is 5.78 Å². The van der Waals surface area contributed by atoms with Crippen molar-refractivity contribution in [2.24, 2.45) is 11.7 Å². The van der Waals surface area contributed by atoms with Gasteiger partial charge in [-0.1, -0.05) is 19.3 Å². The number of ether oxygens (including phenoxy) is 1. The number of carbonyl (C=O) groups excluding carboxylic acids is 3. The zero-order valence-corrected chi connectivity index (χ0v) is 13.4. The normalized spacial score (nSPS) is 23.3. The maximum atomic E-state index is 12.5. The van der Waals surface area contributed by atoms with Crippen molar-refractivity contribution < 1.29 is 19.1 Å². The van der Waals surface area contributed by atoms with Crippen LogP contribution in [0.25, 0.3) is 0 Å². The van der Waals surface area contributed by atoms with Crippen LogP contribution in [-0.2, 0) is 19.1 Å².